The van der Waals surface area contributed by atoms with Gasteiger partial charge in [0.1, 0.15) is 17.5 Å². The quantitative estimate of drug-likeness (QED) is 0.654. The van der Waals surface area contributed by atoms with Crippen LogP contribution in [0.1, 0.15) is 29.2 Å². The van der Waals surface area contributed by atoms with Crippen molar-refractivity contribution in [2.24, 2.45) is 0 Å². The molecule has 0 radical (unpaired) electrons. The van der Waals surface area contributed by atoms with E-state index in [-0.39, 0.29) is 11.4 Å². The molecule has 20 heavy (non-hydrogen) atoms. The number of hydrogen-bond donors (Lipinski definition) is 0. The van der Waals surface area contributed by atoms with Crippen LogP contribution in [0, 0.1) is 31.3 Å². The topological polar surface area (TPSA) is 0 Å². The lowest BCUT2D eigenvalue weighted by molar-refractivity contribution is 0.577. The molecule has 0 saturated carbocycles. The summed E-state index contributed by atoms with van der Waals surface area (Å²) in [5, 5.41) is 0. The van der Waals surface area contributed by atoms with Gasteiger partial charge in [-0.3, -0.25) is 0 Å². The molecule has 0 unspecified atom stereocenters. The molecule has 2 rings (SSSR count). The lowest BCUT2D eigenvalue weighted by atomic mass is 10.0. The van der Waals surface area contributed by atoms with Gasteiger partial charge in [-0.15, -0.1) is 0 Å². The highest BCUT2D eigenvalue weighted by Gasteiger charge is 2.09. The Kier molecular flexibility index (Phi) is 3.98. The number of halogens is 3. The van der Waals surface area contributed by atoms with Crippen LogP contribution in [0.25, 0.3) is 11.6 Å². The first kappa shape index (κ1) is 14.4. The van der Waals surface area contributed by atoms with Gasteiger partial charge in [0.2, 0.25) is 0 Å². The monoisotopic (exact) mass is 276 g/mol. The summed E-state index contributed by atoms with van der Waals surface area (Å²) in [4.78, 5) is 0. The molecule has 3 heteroatoms. The molecule has 0 aliphatic carbocycles. The Morgan fingerprint density at radius 3 is 2.05 bits per heavy atom. The van der Waals surface area contributed by atoms with Crippen molar-refractivity contribution in [3.63, 3.8) is 0 Å². The molecule has 0 fully saturated rings. The average molecular weight is 276 g/mol. The van der Waals surface area contributed by atoms with E-state index in [1.807, 2.05) is 0 Å². The van der Waals surface area contributed by atoms with Crippen molar-refractivity contribution in [1.29, 1.82) is 0 Å². The summed E-state index contributed by atoms with van der Waals surface area (Å²) in [6, 6.07) is 7.29. The zero-order valence-electron chi connectivity index (χ0n) is 11.6. The fraction of sp³-hybridized carbons (Fsp3) is 0.176. The highest BCUT2D eigenvalue weighted by atomic mass is 19.1. The Bertz CT molecular complexity index is 662. The van der Waals surface area contributed by atoms with E-state index >= 15 is 0 Å². The molecule has 0 nitrogen and oxygen atoms in total. The van der Waals surface area contributed by atoms with E-state index in [4.69, 9.17) is 0 Å². The van der Waals surface area contributed by atoms with E-state index in [1.165, 1.54) is 24.3 Å². The van der Waals surface area contributed by atoms with Gasteiger partial charge in [0.25, 0.3) is 0 Å². The Balaban J connectivity index is 2.47. The molecule has 0 atom stereocenters. The molecule has 0 aliphatic rings. The van der Waals surface area contributed by atoms with E-state index in [2.05, 4.69) is 0 Å². The van der Waals surface area contributed by atoms with E-state index in [9.17, 15) is 13.2 Å². The van der Waals surface area contributed by atoms with Gasteiger partial charge in [0.15, 0.2) is 0 Å². The van der Waals surface area contributed by atoms with Crippen LogP contribution < -0.4 is 0 Å². The van der Waals surface area contributed by atoms with Crippen LogP contribution in [-0.2, 0) is 0 Å². The Morgan fingerprint density at radius 2 is 1.50 bits per heavy atom. The van der Waals surface area contributed by atoms with E-state index in [0.29, 0.717) is 22.3 Å². The lowest BCUT2D eigenvalue weighted by Crippen LogP contribution is -1.92. The van der Waals surface area contributed by atoms with Gasteiger partial charge in [-0.1, -0.05) is 12.1 Å². The molecule has 0 heterocycles. The zero-order chi connectivity index (χ0) is 14.9. The summed E-state index contributed by atoms with van der Waals surface area (Å²) in [5.74, 6) is -1.57. The van der Waals surface area contributed by atoms with E-state index in [1.54, 1.807) is 32.9 Å². The summed E-state index contributed by atoms with van der Waals surface area (Å²) < 4.78 is 41.1. The summed E-state index contributed by atoms with van der Waals surface area (Å²) >= 11 is 0. The van der Waals surface area contributed by atoms with Gasteiger partial charge >= 0.3 is 0 Å². The first-order valence-electron chi connectivity index (χ1n) is 6.29. The molecule has 0 spiro atoms. The molecule has 104 valence electrons. The van der Waals surface area contributed by atoms with Crippen LogP contribution in [0.15, 0.2) is 30.3 Å². The van der Waals surface area contributed by atoms with Crippen LogP contribution in [0.3, 0.4) is 0 Å². The molecule has 2 aromatic carbocycles. The molecule has 0 aliphatic heterocycles. The molecule has 0 saturated heterocycles. The van der Waals surface area contributed by atoms with Crippen molar-refractivity contribution in [2.45, 2.75) is 20.8 Å². The maximum atomic E-state index is 13.8. The van der Waals surface area contributed by atoms with Crippen LogP contribution in [-0.4, -0.2) is 0 Å². The third-order valence-corrected chi connectivity index (χ3v) is 3.21. The van der Waals surface area contributed by atoms with Crippen molar-refractivity contribution in [3.05, 3.63) is 70.0 Å². The smallest absolute Gasteiger partial charge is 0.133 e. The second-order valence-corrected chi connectivity index (χ2v) is 4.93. The number of rotatable bonds is 2. The lowest BCUT2D eigenvalue weighted by Gasteiger charge is -2.06. The molecule has 0 amide bonds. The van der Waals surface area contributed by atoms with E-state index in [0.717, 1.165) is 0 Å². The number of allylic oxidation sites excluding steroid dienone is 1. The van der Waals surface area contributed by atoms with E-state index < -0.39 is 11.6 Å². The second kappa shape index (κ2) is 5.53. The molecule has 0 bridgehead atoms. The van der Waals surface area contributed by atoms with Gasteiger partial charge in [-0.05, 0) is 67.3 Å². The number of aryl methyl sites for hydroxylation is 2. The first-order valence-corrected chi connectivity index (χ1v) is 6.29. The van der Waals surface area contributed by atoms with Gasteiger partial charge in [-0.2, -0.15) is 0 Å². The minimum atomic E-state index is -0.616. The van der Waals surface area contributed by atoms with Gasteiger partial charge in [0.05, 0.1) is 0 Å². The van der Waals surface area contributed by atoms with Gasteiger partial charge < -0.3 is 0 Å². The van der Waals surface area contributed by atoms with Crippen LogP contribution >= 0.6 is 0 Å². The van der Waals surface area contributed by atoms with Crippen molar-refractivity contribution < 1.29 is 13.2 Å². The van der Waals surface area contributed by atoms with Crippen molar-refractivity contribution in [3.8, 4) is 0 Å². The van der Waals surface area contributed by atoms with Crippen LogP contribution in [0.5, 0.6) is 0 Å². The molecule has 0 N–H and O–H groups in total. The van der Waals surface area contributed by atoms with Gasteiger partial charge in [-0.25, -0.2) is 13.2 Å². The fourth-order valence-corrected chi connectivity index (χ4v) is 1.99. The average Bonchev–Trinajstić information content (AvgIpc) is 2.36. The Morgan fingerprint density at radius 1 is 0.900 bits per heavy atom. The molecular formula is C17H15F3. The second-order valence-electron chi connectivity index (χ2n) is 4.93. The van der Waals surface area contributed by atoms with Crippen LogP contribution in [0.4, 0.5) is 13.2 Å². The summed E-state index contributed by atoms with van der Waals surface area (Å²) in [5.41, 5.74) is 2.16. The molecular weight excluding hydrogens is 261 g/mol. The van der Waals surface area contributed by atoms with Crippen molar-refractivity contribution >= 4 is 11.6 Å². The first-order chi connectivity index (χ1) is 9.38. The minimum absolute atomic E-state index is 0.103. The largest absolute Gasteiger partial charge is 0.207 e. The summed E-state index contributed by atoms with van der Waals surface area (Å²) in [7, 11) is 0. The highest BCUT2D eigenvalue weighted by Crippen LogP contribution is 2.23. The normalized spacial score (nSPS) is 11.8. The predicted octanol–water partition coefficient (Wildman–Crippen LogP) is 5.28. The Labute approximate surface area is 116 Å². The SMILES string of the molecule is CC(=Cc1c(F)cc(C)cc1F)c1ccc(C)c(F)c1. The number of hydrogen-bond acceptors (Lipinski definition) is 0. The highest BCUT2D eigenvalue weighted by molar-refractivity contribution is 5.80. The maximum absolute atomic E-state index is 13.8. The zero-order valence-corrected chi connectivity index (χ0v) is 11.6. The summed E-state index contributed by atoms with van der Waals surface area (Å²) in [6.07, 6.45) is 1.40. The van der Waals surface area contributed by atoms with Crippen molar-refractivity contribution in [2.75, 3.05) is 0 Å². The fourth-order valence-electron chi connectivity index (χ4n) is 1.99. The minimum Gasteiger partial charge on any atom is -0.207 e. The third-order valence-electron chi connectivity index (χ3n) is 3.21. The summed E-state index contributed by atoms with van der Waals surface area (Å²) in [6.45, 7) is 4.99. The molecule has 2 aromatic rings. The third kappa shape index (κ3) is 2.93. The standard InChI is InChI=1S/C17H15F3/c1-10-6-16(19)14(17(20)7-10)8-12(3)13-5-4-11(2)15(18)9-13/h4-9H,1-3H3. The van der Waals surface area contributed by atoms with Crippen molar-refractivity contribution in [1.82, 2.24) is 0 Å². The number of benzene rings is 2. The van der Waals surface area contributed by atoms with Crippen LogP contribution in [0.2, 0.25) is 0 Å². The Hall–Kier alpha value is -2.03. The van der Waals surface area contributed by atoms with Gasteiger partial charge in [0, 0.05) is 5.56 Å². The predicted molar refractivity (Wildman–Crippen MR) is 75.8 cm³/mol. The maximum Gasteiger partial charge on any atom is 0.133 e. The molecule has 0 aromatic heterocycles.